The first-order valence-electron chi connectivity index (χ1n) is 8.12. The number of nitrogens with zero attached hydrogens (tertiary/aromatic N) is 6. The van der Waals surface area contributed by atoms with Crippen LogP contribution in [0.2, 0.25) is 0 Å². The fourth-order valence-electron chi connectivity index (χ4n) is 2.70. The van der Waals surface area contributed by atoms with Gasteiger partial charge in [0, 0.05) is 25.0 Å². The number of benzene rings is 1. The predicted molar refractivity (Wildman–Crippen MR) is 99.5 cm³/mol. The minimum Gasteiger partial charge on any atom is -0.419 e. The zero-order valence-electron chi connectivity index (χ0n) is 14.5. The largest absolute Gasteiger partial charge is 0.419 e. The number of aryl methyl sites for hydroxylation is 1. The van der Waals surface area contributed by atoms with Gasteiger partial charge in [-0.15, -0.1) is 20.4 Å². The monoisotopic (exact) mass is 382 g/mol. The summed E-state index contributed by atoms with van der Waals surface area (Å²) < 4.78 is 21.5. The highest BCUT2D eigenvalue weighted by molar-refractivity contribution is 7.80. The van der Waals surface area contributed by atoms with Gasteiger partial charge in [0.05, 0.1) is 5.56 Å². The van der Waals surface area contributed by atoms with Crippen LogP contribution in [0.15, 0.2) is 47.1 Å². The van der Waals surface area contributed by atoms with Crippen molar-refractivity contribution in [3.05, 3.63) is 65.8 Å². The van der Waals surface area contributed by atoms with E-state index in [4.69, 9.17) is 4.42 Å². The summed E-state index contributed by atoms with van der Waals surface area (Å²) in [4.78, 5) is 4.00. The van der Waals surface area contributed by atoms with Crippen LogP contribution in [0.3, 0.4) is 0 Å². The third kappa shape index (κ3) is 3.21. The number of halogens is 1. The summed E-state index contributed by atoms with van der Waals surface area (Å²) in [5.41, 5.74) is 2.02. The highest BCUT2D eigenvalue weighted by Gasteiger charge is 2.24. The third-order valence-electron chi connectivity index (χ3n) is 4.12. The van der Waals surface area contributed by atoms with Gasteiger partial charge in [-0.05, 0) is 31.2 Å². The summed E-state index contributed by atoms with van der Waals surface area (Å²) in [5, 5.41) is 15.8. The predicted octanol–water partition coefficient (Wildman–Crippen LogP) is 3.39. The molecule has 4 aromatic rings. The van der Waals surface area contributed by atoms with Crippen LogP contribution in [0.4, 0.5) is 4.39 Å². The lowest BCUT2D eigenvalue weighted by atomic mass is 10.1. The number of hydrogen-bond acceptors (Lipinski definition) is 7. The minimum atomic E-state index is -0.604. The Morgan fingerprint density at radius 1 is 1.07 bits per heavy atom. The maximum absolute atomic E-state index is 14.1. The molecule has 0 amide bonds. The molecular formula is C18H15FN6OS. The van der Waals surface area contributed by atoms with Crippen LogP contribution in [-0.2, 0) is 7.05 Å². The third-order valence-corrected chi connectivity index (χ3v) is 4.57. The number of pyridine rings is 1. The molecule has 27 heavy (non-hydrogen) atoms. The lowest BCUT2D eigenvalue weighted by Gasteiger charge is -2.07. The molecule has 1 atom stereocenters. The average Bonchev–Trinajstić information content (AvgIpc) is 3.31. The molecule has 0 bridgehead atoms. The molecule has 1 aromatic carbocycles. The number of aromatic nitrogens is 6. The number of hydrogen-bond donors (Lipinski definition) is 1. The van der Waals surface area contributed by atoms with E-state index in [-0.39, 0.29) is 17.3 Å². The molecule has 0 aliphatic heterocycles. The Morgan fingerprint density at radius 2 is 1.85 bits per heavy atom. The minimum absolute atomic E-state index is 0.0989. The van der Waals surface area contributed by atoms with E-state index < -0.39 is 11.1 Å². The fourth-order valence-corrected chi connectivity index (χ4v) is 3.03. The van der Waals surface area contributed by atoms with E-state index in [9.17, 15) is 4.39 Å². The van der Waals surface area contributed by atoms with Gasteiger partial charge < -0.3 is 8.98 Å². The second kappa shape index (κ2) is 6.92. The SMILES string of the molecule is Cc1ccc(F)c(-c2nnc(C(S)c3nnc(-c4ccncc4)n3C)o2)c1. The fraction of sp³-hybridized carbons (Fsp3) is 0.167. The van der Waals surface area contributed by atoms with E-state index in [1.807, 2.05) is 26.1 Å². The first-order valence-corrected chi connectivity index (χ1v) is 8.64. The van der Waals surface area contributed by atoms with E-state index in [2.05, 4.69) is 38.0 Å². The Bertz CT molecular complexity index is 1090. The Labute approximate surface area is 159 Å². The van der Waals surface area contributed by atoms with Crippen LogP contribution in [0.25, 0.3) is 22.8 Å². The van der Waals surface area contributed by atoms with Crippen molar-refractivity contribution in [3.63, 3.8) is 0 Å². The second-order valence-electron chi connectivity index (χ2n) is 6.01. The second-order valence-corrected chi connectivity index (χ2v) is 6.52. The summed E-state index contributed by atoms with van der Waals surface area (Å²) in [7, 11) is 1.83. The van der Waals surface area contributed by atoms with Gasteiger partial charge in [0.25, 0.3) is 5.89 Å². The van der Waals surface area contributed by atoms with Crippen molar-refractivity contribution in [3.8, 4) is 22.8 Å². The Morgan fingerprint density at radius 3 is 2.63 bits per heavy atom. The maximum atomic E-state index is 14.1. The van der Waals surface area contributed by atoms with E-state index in [0.29, 0.717) is 11.6 Å². The smallest absolute Gasteiger partial charge is 0.250 e. The molecule has 9 heteroatoms. The number of thiol groups is 1. The van der Waals surface area contributed by atoms with E-state index in [0.717, 1.165) is 11.1 Å². The molecule has 0 fully saturated rings. The van der Waals surface area contributed by atoms with Gasteiger partial charge in [-0.1, -0.05) is 11.6 Å². The molecule has 0 radical (unpaired) electrons. The van der Waals surface area contributed by atoms with Crippen molar-refractivity contribution >= 4 is 12.6 Å². The van der Waals surface area contributed by atoms with E-state index in [1.54, 1.807) is 29.1 Å². The highest BCUT2D eigenvalue weighted by atomic mass is 32.1. The van der Waals surface area contributed by atoms with Crippen LogP contribution in [0.1, 0.15) is 22.5 Å². The summed E-state index contributed by atoms with van der Waals surface area (Å²) in [6.07, 6.45) is 3.37. The van der Waals surface area contributed by atoms with Crippen LogP contribution in [0, 0.1) is 12.7 Å². The molecule has 0 saturated carbocycles. The van der Waals surface area contributed by atoms with Gasteiger partial charge >= 0.3 is 0 Å². The van der Waals surface area contributed by atoms with Crippen molar-refractivity contribution in [2.45, 2.75) is 12.2 Å². The van der Waals surface area contributed by atoms with Gasteiger partial charge in [-0.3, -0.25) is 4.98 Å². The van der Waals surface area contributed by atoms with E-state index >= 15 is 0 Å². The molecule has 4 rings (SSSR count). The van der Waals surface area contributed by atoms with Crippen molar-refractivity contribution < 1.29 is 8.81 Å². The molecule has 7 nitrogen and oxygen atoms in total. The lowest BCUT2D eigenvalue weighted by molar-refractivity contribution is 0.503. The number of rotatable bonds is 4. The van der Waals surface area contributed by atoms with Crippen LogP contribution in [-0.4, -0.2) is 29.9 Å². The van der Waals surface area contributed by atoms with E-state index in [1.165, 1.54) is 6.07 Å². The molecule has 0 aliphatic carbocycles. The van der Waals surface area contributed by atoms with Crippen LogP contribution < -0.4 is 0 Å². The first-order chi connectivity index (χ1) is 13.0. The molecule has 0 spiro atoms. The first kappa shape index (κ1) is 17.3. The van der Waals surface area contributed by atoms with Crippen molar-refractivity contribution in [1.29, 1.82) is 0 Å². The molecule has 0 N–H and O–H groups in total. The zero-order chi connectivity index (χ0) is 19.0. The Kier molecular flexibility index (Phi) is 4.44. The standard InChI is InChI=1S/C18H15FN6OS/c1-10-3-4-13(19)12(9-10)17-23-24-18(26-17)14(27)16-22-21-15(25(16)2)11-5-7-20-8-6-11/h3-9,14,27H,1-2H3. The molecule has 3 heterocycles. The zero-order valence-corrected chi connectivity index (χ0v) is 15.4. The molecule has 136 valence electrons. The topological polar surface area (TPSA) is 82.5 Å². The molecule has 0 saturated heterocycles. The summed E-state index contributed by atoms with van der Waals surface area (Å²) in [6.45, 7) is 1.86. The molecule has 0 aliphatic rings. The quantitative estimate of drug-likeness (QED) is 0.545. The van der Waals surface area contributed by atoms with Crippen molar-refractivity contribution in [1.82, 2.24) is 29.9 Å². The average molecular weight is 382 g/mol. The maximum Gasteiger partial charge on any atom is 0.250 e. The van der Waals surface area contributed by atoms with Crippen LogP contribution in [0.5, 0.6) is 0 Å². The van der Waals surface area contributed by atoms with Gasteiger partial charge in [0.1, 0.15) is 11.1 Å². The van der Waals surface area contributed by atoms with Gasteiger partial charge in [0.15, 0.2) is 11.6 Å². The molecule has 1 unspecified atom stereocenters. The van der Waals surface area contributed by atoms with Crippen LogP contribution >= 0.6 is 12.6 Å². The Hall–Kier alpha value is -3.07. The summed E-state index contributed by atoms with van der Waals surface area (Å²) >= 11 is 4.55. The summed E-state index contributed by atoms with van der Waals surface area (Å²) in [5.74, 6) is 1.08. The van der Waals surface area contributed by atoms with Crippen molar-refractivity contribution in [2.75, 3.05) is 0 Å². The Balaban J connectivity index is 1.67. The molecule has 3 aromatic heterocycles. The lowest BCUT2D eigenvalue weighted by Crippen LogP contribution is -2.04. The van der Waals surface area contributed by atoms with Crippen molar-refractivity contribution in [2.24, 2.45) is 7.05 Å². The van der Waals surface area contributed by atoms with Gasteiger partial charge in [0.2, 0.25) is 5.89 Å². The van der Waals surface area contributed by atoms with Gasteiger partial charge in [-0.2, -0.15) is 12.6 Å². The summed E-state index contributed by atoms with van der Waals surface area (Å²) in [6, 6.07) is 8.39. The molecular weight excluding hydrogens is 367 g/mol. The highest BCUT2D eigenvalue weighted by Crippen LogP contribution is 2.31. The normalized spacial score (nSPS) is 12.3. The van der Waals surface area contributed by atoms with Gasteiger partial charge in [-0.25, -0.2) is 4.39 Å².